The summed E-state index contributed by atoms with van der Waals surface area (Å²) in [6.45, 7) is 8.42. The number of benzene rings is 1. The van der Waals surface area contributed by atoms with Crippen LogP contribution < -0.4 is 16.0 Å². The maximum absolute atomic E-state index is 13.2. The number of guanidine groups is 1. The molecule has 0 aromatic heterocycles. The molecule has 0 bridgehead atoms. The number of piperazine rings is 1. The van der Waals surface area contributed by atoms with Gasteiger partial charge in [-0.15, -0.1) is 24.0 Å². The molecule has 0 spiro atoms. The molecule has 182 valence electrons. The van der Waals surface area contributed by atoms with Gasteiger partial charge in [-0.1, -0.05) is 0 Å². The molecule has 3 N–H and O–H groups in total. The molecule has 0 atom stereocenters. The number of halogens is 4. The van der Waals surface area contributed by atoms with E-state index in [1.165, 1.54) is 6.07 Å². The molecule has 2 aliphatic heterocycles. The number of nitrogens with one attached hydrogen (secondary N) is 1. The van der Waals surface area contributed by atoms with E-state index >= 15 is 0 Å². The van der Waals surface area contributed by atoms with Crippen LogP contribution in [0.25, 0.3) is 0 Å². The third-order valence-electron chi connectivity index (χ3n) is 5.73. The minimum atomic E-state index is -4.39. The molecule has 0 radical (unpaired) electrons. The van der Waals surface area contributed by atoms with E-state index in [9.17, 15) is 13.2 Å². The second-order valence-electron chi connectivity index (χ2n) is 8.07. The molecule has 32 heavy (non-hydrogen) atoms. The quantitative estimate of drug-likeness (QED) is 0.227. The second-order valence-corrected chi connectivity index (χ2v) is 8.07. The summed E-state index contributed by atoms with van der Waals surface area (Å²) in [7, 11) is 2.04. The van der Waals surface area contributed by atoms with E-state index in [0.29, 0.717) is 12.1 Å². The van der Waals surface area contributed by atoms with Gasteiger partial charge in [-0.2, -0.15) is 13.2 Å². The largest absolute Gasteiger partial charge is 0.416 e. The van der Waals surface area contributed by atoms with E-state index in [1.807, 2.05) is 7.05 Å². The molecule has 2 saturated heterocycles. The van der Waals surface area contributed by atoms with Crippen molar-refractivity contribution in [3.63, 3.8) is 0 Å². The molecule has 0 aliphatic carbocycles. The van der Waals surface area contributed by atoms with E-state index in [2.05, 4.69) is 25.0 Å². The summed E-state index contributed by atoms with van der Waals surface area (Å²) in [6.07, 6.45) is -3.48. The Bertz CT molecular complexity index is 735. The molecule has 0 unspecified atom stereocenters. The van der Waals surface area contributed by atoms with Crippen molar-refractivity contribution in [2.24, 2.45) is 10.7 Å². The van der Waals surface area contributed by atoms with Gasteiger partial charge in [-0.05, 0) is 43.8 Å². The van der Waals surface area contributed by atoms with Gasteiger partial charge in [0.2, 0.25) is 0 Å². The molecule has 2 aliphatic rings. The maximum Gasteiger partial charge on any atom is 0.416 e. The third kappa shape index (κ3) is 8.23. The van der Waals surface area contributed by atoms with Crippen molar-refractivity contribution in [3.05, 3.63) is 29.3 Å². The van der Waals surface area contributed by atoms with E-state index in [-0.39, 0.29) is 36.5 Å². The third-order valence-corrected chi connectivity index (χ3v) is 5.73. The number of aliphatic imine (C=N–C) groups is 1. The first kappa shape index (κ1) is 26.9. The van der Waals surface area contributed by atoms with Crippen LogP contribution in [0.3, 0.4) is 0 Å². The predicted octanol–water partition coefficient (Wildman–Crippen LogP) is 2.20. The fourth-order valence-electron chi connectivity index (χ4n) is 3.81. The van der Waals surface area contributed by atoms with Gasteiger partial charge in [-0.3, -0.25) is 4.90 Å². The molecule has 1 aromatic rings. The lowest BCUT2D eigenvalue weighted by Crippen LogP contribution is -2.44. The fraction of sp³-hybridized carbons (Fsp3) is 0.667. The first-order chi connectivity index (χ1) is 14.8. The zero-order chi connectivity index (χ0) is 22.3. The molecular weight excluding hydrogens is 536 g/mol. The summed E-state index contributed by atoms with van der Waals surface area (Å²) in [6, 6.07) is 3.90. The number of rotatable bonds is 7. The zero-order valence-electron chi connectivity index (χ0n) is 18.5. The Kier molecular flexibility index (Phi) is 10.8. The maximum atomic E-state index is 13.2. The van der Waals surface area contributed by atoms with Crippen molar-refractivity contribution < 1.29 is 17.9 Å². The molecule has 2 heterocycles. The summed E-state index contributed by atoms with van der Waals surface area (Å²) in [5.41, 5.74) is 6.65. The Hall–Kier alpha value is -1.31. The van der Waals surface area contributed by atoms with Crippen molar-refractivity contribution in [2.75, 3.05) is 77.5 Å². The summed E-state index contributed by atoms with van der Waals surface area (Å²) in [5.74, 6) is 0.253. The topological polar surface area (TPSA) is 69.4 Å². The van der Waals surface area contributed by atoms with Crippen molar-refractivity contribution in [1.29, 1.82) is 0 Å². The zero-order valence-corrected chi connectivity index (χ0v) is 20.9. The highest BCUT2D eigenvalue weighted by Gasteiger charge is 2.31. The van der Waals surface area contributed by atoms with Crippen molar-refractivity contribution in [3.8, 4) is 0 Å². The minimum Gasteiger partial charge on any atom is -0.379 e. The SMILES string of the molecule is CN1CCN(c2ccc(C(F)(F)F)cc2CN=C(N)NCCCN2CCOCC2)CC1.I. The van der Waals surface area contributed by atoms with Gasteiger partial charge in [0, 0.05) is 51.5 Å². The lowest BCUT2D eigenvalue weighted by atomic mass is 10.1. The van der Waals surface area contributed by atoms with Crippen LogP contribution in [0.15, 0.2) is 23.2 Å². The van der Waals surface area contributed by atoms with Crippen molar-refractivity contribution >= 4 is 35.6 Å². The number of hydrogen-bond donors (Lipinski definition) is 2. The van der Waals surface area contributed by atoms with Crippen LogP contribution in [0, 0.1) is 0 Å². The lowest BCUT2D eigenvalue weighted by Gasteiger charge is -2.35. The number of hydrogen-bond acceptors (Lipinski definition) is 5. The highest BCUT2D eigenvalue weighted by atomic mass is 127. The van der Waals surface area contributed by atoms with Crippen molar-refractivity contribution in [2.45, 2.75) is 19.1 Å². The lowest BCUT2D eigenvalue weighted by molar-refractivity contribution is -0.137. The van der Waals surface area contributed by atoms with Crippen LogP contribution in [0.4, 0.5) is 18.9 Å². The van der Waals surface area contributed by atoms with Gasteiger partial charge in [0.1, 0.15) is 0 Å². The van der Waals surface area contributed by atoms with Gasteiger partial charge in [0.05, 0.1) is 25.3 Å². The first-order valence-corrected chi connectivity index (χ1v) is 10.8. The molecule has 2 fully saturated rings. The highest BCUT2D eigenvalue weighted by Crippen LogP contribution is 2.33. The summed E-state index contributed by atoms with van der Waals surface area (Å²) in [4.78, 5) is 11.0. The van der Waals surface area contributed by atoms with Crippen molar-refractivity contribution in [1.82, 2.24) is 15.1 Å². The number of likely N-dealkylation sites (N-methyl/N-ethyl adjacent to an activating group) is 1. The number of anilines is 1. The van der Waals surface area contributed by atoms with Gasteiger partial charge in [0.15, 0.2) is 5.96 Å². The average Bonchev–Trinajstić information content (AvgIpc) is 2.76. The van der Waals surface area contributed by atoms with Crippen LogP contribution in [-0.2, 0) is 17.5 Å². The van der Waals surface area contributed by atoms with Crippen LogP contribution in [0.2, 0.25) is 0 Å². The predicted molar refractivity (Wildman–Crippen MR) is 132 cm³/mol. The monoisotopic (exact) mass is 570 g/mol. The van der Waals surface area contributed by atoms with E-state index in [4.69, 9.17) is 10.5 Å². The van der Waals surface area contributed by atoms with Crippen LogP contribution >= 0.6 is 24.0 Å². The Morgan fingerprint density at radius 1 is 1.12 bits per heavy atom. The number of alkyl halides is 3. The summed E-state index contributed by atoms with van der Waals surface area (Å²) >= 11 is 0. The number of nitrogens with two attached hydrogens (primary N) is 1. The molecule has 0 amide bonds. The van der Waals surface area contributed by atoms with Crippen LogP contribution in [-0.4, -0.2) is 88.4 Å². The normalized spacial score (nSPS) is 19.0. The first-order valence-electron chi connectivity index (χ1n) is 10.8. The summed E-state index contributed by atoms with van der Waals surface area (Å²) < 4.78 is 45.1. The van der Waals surface area contributed by atoms with Crippen LogP contribution in [0.1, 0.15) is 17.5 Å². The molecule has 1 aromatic carbocycles. The molecule has 11 heteroatoms. The Morgan fingerprint density at radius 2 is 1.81 bits per heavy atom. The number of nitrogens with zero attached hydrogens (tertiary/aromatic N) is 4. The van der Waals surface area contributed by atoms with E-state index < -0.39 is 11.7 Å². The Labute approximate surface area is 205 Å². The smallest absolute Gasteiger partial charge is 0.379 e. The van der Waals surface area contributed by atoms with Gasteiger partial charge < -0.3 is 25.6 Å². The van der Waals surface area contributed by atoms with Gasteiger partial charge >= 0.3 is 6.18 Å². The van der Waals surface area contributed by atoms with E-state index in [1.54, 1.807) is 6.07 Å². The molecule has 0 saturated carbocycles. The second kappa shape index (κ2) is 12.8. The fourth-order valence-corrected chi connectivity index (χ4v) is 3.81. The Morgan fingerprint density at radius 3 is 2.47 bits per heavy atom. The molecular formula is C21H34F3IN6O. The highest BCUT2D eigenvalue weighted by molar-refractivity contribution is 14.0. The van der Waals surface area contributed by atoms with Gasteiger partial charge in [-0.25, -0.2) is 4.99 Å². The molecule has 3 rings (SSSR count). The average molecular weight is 570 g/mol. The number of morpholine rings is 1. The Balaban J connectivity index is 0.00000363. The minimum absolute atomic E-state index is 0. The van der Waals surface area contributed by atoms with Gasteiger partial charge in [0.25, 0.3) is 0 Å². The molecule has 7 nitrogen and oxygen atoms in total. The standard InChI is InChI=1S/C21H33F3N6O.HI/c1-28-7-9-30(10-8-28)19-4-3-18(21(22,23)24)15-17(19)16-27-20(25)26-5-2-6-29-11-13-31-14-12-29;/h3-4,15H,2,5-14,16H2,1H3,(H3,25,26,27);1H. The number of ether oxygens (including phenoxy) is 1. The van der Waals surface area contributed by atoms with E-state index in [0.717, 1.165) is 77.2 Å². The summed E-state index contributed by atoms with van der Waals surface area (Å²) in [5, 5.41) is 3.07. The van der Waals surface area contributed by atoms with Crippen LogP contribution in [0.5, 0.6) is 0 Å².